The second-order valence-electron chi connectivity index (χ2n) is 7.71. The predicted octanol–water partition coefficient (Wildman–Crippen LogP) is 2.78. The molecular formula is C21H29N3O2. The lowest BCUT2D eigenvalue weighted by Gasteiger charge is -2.45. The molecule has 0 aliphatic carbocycles. The lowest BCUT2D eigenvalue weighted by atomic mass is 9.96. The molecule has 2 atom stereocenters. The molecule has 0 unspecified atom stereocenters. The summed E-state index contributed by atoms with van der Waals surface area (Å²) in [5, 5.41) is 0. The Morgan fingerprint density at radius 1 is 1.23 bits per heavy atom. The van der Waals surface area contributed by atoms with Gasteiger partial charge in [0.2, 0.25) is 5.91 Å². The van der Waals surface area contributed by atoms with Crippen LogP contribution in [0.3, 0.4) is 0 Å². The van der Waals surface area contributed by atoms with Crippen molar-refractivity contribution in [1.29, 1.82) is 0 Å². The van der Waals surface area contributed by atoms with Crippen molar-refractivity contribution in [1.82, 2.24) is 9.80 Å². The molecule has 0 spiro atoms. The van der Waals surface area contributed by atoms with Gasteiger partial charge in [-0.15, -0.1) is 0 Å². The van der Waals surface area contributed by atoms with Gasteiger partial charge in [0.1, 0.15) is 0 Å². The molecule has 2 aliphatic heterocycles. The van der Waals surface area contributed by atoms with Crippen LogP contribution >= 0.6 is 0 Å². The highest BCUT2D eigenvalue weighted by Crippen LogP contribution is 2.29. The summed E-state index contributed by atoms with van der Waals surface area (Å²) < 4.78 is 0. The number of benzene rings is 1. The first-order valence-electron chi connectivity index (χ1n) is 9.47. The Balaban J connectivity index is 1.78. The van der Waals surface area contributed by atoms with Crippen molar-refractivity contribution >= 4 is 17.5 Å². The van der Waals surface area contributed by atoms with Crippen molar-refractivity contribution < 1.29 is 9.59 Å². The molecule has 5 heteroatoms. The van der Waals surface area contributed by atoms with Crippen LogP contribution in [0.25, 0.3) is 0 Å². The zero-order valence-electron chi connectivity index (χ0n) is 16.0. The molecule has 1 aromatic carbocycles. The SMILES string of the molecule is C=CC(=O)N(C)c1ccc(C(=O)N2C[C@@H]3CCCN3C[C@H]2C(C)C)cc1. The van der Waals surface area contributed by atoms with Gasteiger partial charge in [-0.1, -0.05) is 20.4 Å². The molecule has 3 rings (SSSR count). The van der Waals surface area contributed by atoms with E-state index in [4.69, 9.17) is 0 Å². The third-order valence-corrected chi connectivity index (χ3v) is 5.77. The van der Waals surface area contributed by atoms with E-state index in [1.807, 2.05) is 24.3 Å². The van der Waals surface area contributed by atoms with Gasteiger partial charge in [0, 0.05) is 43.5 Å². The summed E-state index contributed by atoms with van der Waals surface area (Å²) in [5.41, 5.74) is 1.44. The number of carbonyl (C=O) groups excluding carboxylic acids is 2. The highest BCUT2D eigenvalue weighted by atomic mass is 16.2. The number of hydrogen-bond acceptors (Lipinski definition) is 3. The minimum Gasteiger partial charge on any atom is -0.333 e. The maximum atomic E-state index is 13.2. The van der Waals surface area contributed by atoms with Crippen LogP contribution in [0.2, 0.25) is 0 Å². The van der Waals surface area contributed by atoms with Gasteiger partial charge in [-0.05, 0) is 55.6 Å². The average Bonchev–Trinajstić information content (AvgIpc) is 3.12. The van der Waals surface area contributed by atoms with Crippen LogP contribution in [-0.2, 0) is 4.79 Å². The fourth-order valence-electron chi connectivity index (χ4n) is 4.11. The van der Waals surface area contributed by atoms with Crippen molar-refractivity contribution in [3.05, 3.63) is 42.5 Å². The number of rotatable bonds is 4. The normalized spacial score (nSPS) is 23.0. The Labute approximate surface area is 156 Å². The van der Waals surface area contributed by atoms with E-state index in [-0.39, 0.29) is 17.9 Å². The molecule has 5 nitrogen and oxygen atoms in total. The Kier molecular flexibility index (Phi) is 5.47. The summed E-state index contributed by atoms with van der Waals surface area (Å²) in [6, 6.07) is 8.05. The monoisotopic (exact) mass is 355 g/mol. The number of likely N-dealkylation sites (N-methyl/N-ethyl adjacent to an activating group) is 1. The first kappa shape index (κ1) is 18.6. The fourth-order valence-corrected chi connectivity index (χ4v) is 4.11. The molecule has 0 aromatic heterocycles. The Bertz CT molecular complexity index is 683. The zero-order chi connectivity index (χ0) is 18.8. The summed E-state index contributed by atoms with van der Waals surface area (Å²) in [6.07, 6.45) is 3.70. The van der Waals surface area contributed by atoms with Crippen LogP contribution < -0.4 is 4.90 Å². The zero-order valence-corrected chi connectivity index (χ0v) is 16.0. The largest absolute Gasteiger partial charge is 0.333 e. The van der Waals surface area contributed by atoms with E-state index in [0.29, 0.717) is 17.5 Å². The topological polar surface area (TPSA) is 43.9 Å². The number of nitrogens with zero attached hydrogens (tertiary/aromatic N) is 3. The Hall–Kier alpha value is -2.14. The van der Waals surface area contributed by atoms with Crippen LogP contribution in [0.1, 0.15) is 37.0 Å². The molecule has 26 heavy (non-hydrogen) atoms. The molecule has 0 N–H and O–H groups in total. The first-order chi connectivity index (χ1) is 12.4. The second kappa shape index (κ2) is 7.62. The number of anilines is 1. The van der Waals surface area contributed by atoms with Gasteiger partial charge in [0.25, 0.3) is 5.91 Å². The summed E-state index contributed by atoms with van der Waals surface area (Å²) >= 11 is 0. The maximum absolute atomic E-state index is 13.2. The Morgan fingerprint density at radius 2 is 1.92 bits per heavy atom. The third-order valence-electron chi connectivity index (χ3n) is 5.77. The van der Waals surface area contributed by atoms with E-state index in [0.717, 1.165) is 25.3 Å². The molecule has 0 radical (unpaired) electrons. The van der Waals surface area contributed by atoms with Gasteiger partial charge >= 0.3 is 0 Å². The summed E-state index contributed by atoms with van der Waals surface area (Å²) in [6.45, 7) is 10.9. The molecule has 2 aliphatic rings. The van der Waals surface area contributed by atoms with E-state index in [9.17, 15) is 9.59 Å². The highest BCUT2D eigenvalue weighted by Gasteiger charge is 2.39. The molecule has 140 valence electrons. The van der Waals surface area contributed by atoms with Gasteiger partial charge in [-0.2, -0.15) is 0 Å². The molecule has 2 fully saturated rings. The first-order valence-corrected chi connectivity index (χ1v) is 9.47. The summed E-state index contributed by atoms with van der Waals surface area (Å²) in [5.74, 6) is 0.358. The Morgan fingerprint density at radius 3 is 2.54 bits per heavy atom. The lowest BCUT2D eigenvalue weighted by molar-refractivity contribution is -0.113. The standard InChI is InChI=1S/C21H29N3O2/c1-5-20(25)22(4)17-10-8-16(9-11-17)21(26)24-13-18-7-6-12-23(18)14-19(24)15(2)3/h5,8-11,15,18-19H,1,6-7,12-14H2,2-4H3/t18-,19-/m0/s1. The molecular weight excluding hydrogens is 326 g/mol. The van der Waals surface area contributed by atoms with Crippen LogP contribution in [0, 0.1) is 5.92 Å². The maximum Gasteiger partial charge on any atom is 0.254 e. The van der Waals surface area contributed by atoms with Crippen molar-refractivity contribution in [3.63, 3.8) is 0 Å². The number of carbonyl (C=O) groups is 2. The fraction of sp³-hybridized carbons (Fsp3) is 0.524. The number of piperazine rings is 1. The van der Waals surface area contributed by atoms with Gasteiger partial charge in [-0.25, -0.2) is 0 Å². The molecule has 1 aromatic rings. The number of fused-ring (bicyclic) bond motifs is 1. The van der Waals surface area contributed by atoms with E-state index in [2.05, 4.69) is 30.2 Å². The average molecular weight is 355 g/mol. The number of hydrogen-bond donors (Lipinski definition) is 0. The lowest BCUT2D eigenvalue weighted by Crippen LogP contribution is -2.59. The van der Waals surface area contributed by atoms with E-state index >= 15 is 0 Å². The van der Waals surface area contributed by atoms with Crippen molar-refractivity contribution in [2.24, 2.45) is 5.92 Å². The van der Waals surface area contributed by atoms with Crippen LogP contribution in [-0.4, -0.2) is 60.4 Å². The van der Waals surface area contributed by atoms with Crippen LogP contribution in [0.4, 0.5) is 5.69 Å². The molecule has 2 amide bonds. The van der Waals surface area contributed by atoms with Crippen molar-refractivity contribution in [3.8, 4) is 0 Å². The minimum atomic E-state index is -0.165. The molecule has 2 saturated heterocycles. The van der Waals surface area contributed by atoms with Gasteiger partial charge < -0.3 is 9.80 Å². The van der Waals surface area contributed by atoms with E-state index < -0.39 is 0 Å². The molecule has 2 heterocycles. The third kappa shape index (κ3) is 3.54. The summed E-state index contributed by atoms with van der Waals surface area (Å²) in [7, 11) is 1.70. The molecule has 0 bridgehead atoms. The van der Waals surface area contributed by atoms with E-state index in [1.165, 1.54) is 23.8 Å². The van der Waals surface area contributed by atoms with Gasteiger partial charge in [0.05, 0.1) is 0 Å². The van der Waals surface area contributed by atoms with Gasteiger partial charge in [0.15, 0.2) is 0 Å². The smallest absolute Gasteiger partial charge is 0.254 e. The van der Waals surface area contributed by atoms with Crippen molar-refractivity contribution in [2.45, 2.75) is 38.8 Å². The van der Waals surface area contributed by atoms with Crippen molar-refractivity contribution in [2.75, 3.05) is 31.6 Å². The summed E-state index contributed by atoms with van der Waals surface area (Å²) in [4.78, 5) is 31.1. The van der Waals surface area contributed by atoms with Gasteiger partial charge in [-0.3, -0.25) is 14.5 Å². The predicted molar refractivity (Wildman–Crippen MR) is 104 cm³/mol. The minimum absolute atomic E-state index is 0.0968. The van der Waals surface area contributed by atoms with Crippen LogP contribution in [0.15, 0.2) is 36.9 Å². The highest BCUT2D eigenvalue weighted by molar-refractivity contribution is 6.01. The van der Waals surface area contributed by atoms with E-state index in [1.54, 1.807) is 7.05 Å². The second-order valence-corrected chi connectivity index (χ2v) is 7.71. The quantitative estimate of drug-likeness (QED) is 0.780. The van der Waals surface area contributed by atoms with Crippen LogP contribution in [0.5, 0.6) is 0 Å². The molecule has 0 saturated carbocycles. The number of amides is 2.